The van der Waals surface area contributed by atoms with Crippen molar-refractivity contribution in [3.05, 3.63) is 34.6 Å². The molecule has 0 amide bonds. The number of rotatable bonds is 6. The highest BCUT2D eigenvalue weighted by atomic mass is 28.2. The van der Waals surface area contributed by atoms with Gasteiger partial charge in [-0.05, 0) is 39.0 Å². The summed E-state index contributed by atoms with van der Waals surface area (Å²) in [6.07, 6.45) is 0.677. The molecule has 1 aromatic rings. The summed E-state index contributed by atoms with van der Waals surface area (Å²) < 4.78 is 71.4. The van der Waals surface area contributed by atoms with Crippen molar-refractivity contribution in [2.45, 2.75) is 45.6 Å². The van der Waals surface area contributed by atoms with E-state index in [-0.39, 0.29) is 17.9 Å². The van der Waals surface area contributed by atoms with Crippen molar-refractivity contribution in [3.8, 4) is 0 Å². The highest BCUT2D eigenvalue weighted by Gasteiger charge is 2.27. The van der Waals surface area contributed by atoms with Crippen LogP contribution in [0.3, 0.4) is 0 Å². The monoisotopic (exact) mass is 326 g/mol. The molecular weight excluding hydrogens is 307 g/mol. The molecule has 0 spiro atoms. The molecule has 1 nitrogen and oxygen atoms in total. The van der Waals surface area contributed by atoms with Crippen LogP contribution in [-0.4, -0.2) is 16.1 Å². The quantitative estimate of drug-likeness (QED) is 0.337. The van der Waals surface area contributed by atoms with Crippen molar-refractivity contribution in [3.63, 3.8) is 0 Å². The van der Waals surface area contributed by atoms with Crippen molar-refractivity contribution in [1.82, 2.24) is 0 Å². The third-order valence-corrected chi connectivity index (χ3v) is 5.13. The summed E-state index contributed by atoms with van der Waals surface area (Å²) in [5, 5.41) is 0. The Morgan fingerprint density at radius 1 is 0.952 bits per heavy atom. The van der Waals surface area contributed by atoms with E-state index >= 15 is 0 Å². The maximum Gasteiger partial charge on any atom is 0.200 e. The van der Waals surface area contributed by atoms with Gasteiger partial charge in [0.25, 0.3) is 0 Å². The molecule has 0 N–H and O–H groups in total. The summed E-state index contributed by atoms with van der Waals surface area (Å²) in [4.78, 5) is 0. The standard InChI is InChI=1S/C14H19F5OSi/c1-7(14(2,3)20-21)5-4-6-8-9(15)11(17)13(19)12(18)10(8)16/h7H,4-6H2,1-3,21H3. The largest absolute Gasteiger partial charge is 0.423 e. The Bertz CT molecular complexity index is 490. The van der Waals surface area contributed by atoms with Gasteiger partial charge in [0.2, 0.25) is 5.82 Å². The lowest BCUT2D eigenvalue weighted by molar-refractivity contribution is 0.0565. The molecule has 0 aromatic heterocycles. The first-order valence-corrected chi connectivity index (χ1v) is 7.50. The van der Waals surface area contributed by atoms with Crippen molar-refractivity contribution in [2.75, 3.05) is 0 Å². The third-order valence-electron chi connectivity index (χ3n) is 4.08. The molecule has 0 aliphatic rings. The zero-order chi connectivity index (χ0) is 16.4. The Balaban J connectivity index is 2.82. The van der Waals surface area contributed by atoms with Gasteiger partial charge in [0.05, 0.1) is 5.60 Å². The Morgan fingerprint density at radius 3 is 1.81 bits per heavy atom. The van der Waals surface area contributed by atoms with Gasteiger partial charge in [0.1, 0.15) is 10.5 Å². The maximum absolute atomic E-state index is 13.5. The molecule has 1 aromatic carbocycles. The Kier molecular flexibility index (Phi) is 5.92. The molecule has 21 heavy (non-hydrogen) atoms. The molecule has 0 bridgehead atoms. The van der Waals surface area contributed by atoms with E-state index < -0.39 is 34.6 Å². The van der Waals surface area contributed by atoms with Crippen LogP contribution in [0.15, 0.2) is 0 Å². The minimum Gasteiger partial charge on any atom is -0.423 e. The number of hydrogen-bond acceptors (Lipinski definition) is 1. The first-order chi connectivity index (χ1) is 9.63. The summed E-state index contributed by atoms with van der Waals surface area (Å²) >= 11 is 0. The van der Waals surface area contributed by atoms with Gasteiger partial charge in [0, 0.05) is 5.56 Å². The SMILES string of the molecule is CC(CCCc1c(F)c(F)c(F)c(F)c1F)C(C)(C)O[SiH3]. The van der Waals surface area contributed by atoms with E-state index in [1.165, 1.54) is 0 Å². The summed E-state index contributed by atoms with van der Waals surface area (Å²) in [6.45, 7) is 5.74. The molecule has 0 radical (unpaired) electrons. The summed E-state index contributed by atoms with van der Waals surface area (Å²) in [7, 11) is 0.562. The van der Waals surface area contributed by atoms with Crippen LogP contribution >= 0.6 is 0 Å². The predicted molar refractivity (Wildman–Crippen MR) is 73.4 cm³/mol. The van der Waals surface area contributed by atoms with E-state index in [1.54, 1.807) is 0 Å². The second-order valence-electron chi connectivity index (χ2n) is 5.65. The van der Waals surface area contributed by atoms with Gasteiger partial charge in [-0.25, -0.2) is 22.0 Å². The predicted octanol–water partition coefficient (Wildman–Crippen LogP) is 3.42. The van der Waals surface area contributed by atoms with Crippen molar-refractivity contribution in [1.29, 1.82) is 0 Å². The summed E-state index contributed by atoms with van der Waals surface area (Å²) in [6, 6.07) is 0. The highest BCUT2D eigenvalue weighted by molar-refractivity contribution is 5.98. The summed E-state index contributed by atoms with van der Waals surface area (Å²) in [5.41, 5.74) is -1.11. The minimum atomic E-state index is -2.12. The van der Waals surface area contributed by atoms with Crippen LogP contribution in [-0.2, 0) is 10.8 Å². The van der Waals surface area contributed by atoms with Gasteiger partial charge in [-0.2, -0.15) is 0 Å². The molecule has 120 valence electrons. The lowest BCUT2D eigenvalue weighted by Gasteiger charge is -2.31. The lowest BCUT2D eigenvalue weighted by Crippen LogP contribution is -2.31. The highest BCUT2D eigenvalue weighted by Crippen LogP contribution is 2.27. The molecule has 1 atom stereocenters. The van der Waals surface area contributed by atoms with Crippen molar-refractivity contribution >= 4 is 10.5 Å². The average Bonchev–Trinajstić information content (AvgIpc) is 2.46. The van der Waals surface area contributed by atoms with Crippen LogP contribution < -0.4 is 0 Å². The van der Waals surface area contributed by atoms with Gasteiger partial charge < -0.3 is 4.43 Å². The fraction of sp³-hybridized carbons (Fsp3) is 0.571. The molecular formula is C14H19F5OSi. The average molecular weight is 326 g/mol. The van der Waals surface area contributed by atoms with Crippen LogP contribution in [0.4, 0.5) is 22.0 Å². The van der Waals surface area contributed by atoms with Gasteiger partial charge >= 0.3 is 0 Å². The number of halogens is 5. The lowest BCUT2D eigenvalue weighted by atomic mass is 9.88. The Morgan fingerprint density at radius 2 is 1.38 bits per heavy atom. The van der Waals surface area contributed by atoms with E-state index in [9.17, 15) is 22.0 Å². The van der Waals surface area contributed by atoms with E-state index in [0.29, 0.717) is 23.3 Å². The van der Waals surface area contributed by atoms with Crippen LogP contribution in [0.1, 0.15) is 39.2 Å². The van der Waals surface area contributed by atoms with Crippen LogP contribution in [0.2, 0.25) is 0 Å². The molecule has 7 heteroatoms. The summed E-state index contributed by atoms with van der Waals surface area (Å²) in [5.74, 6) is -9.26. The van der Waals surface area contributed by atoms with Crippen LogP contribution in [0, 0.1) is 35.0 Å². The molecule has 0 saturated heterocycles. The number of benzene rings is 1. The maximum atomic E-state index is 13.5. The fourth-order valence-corrected chi connectivity index (χ4v) is 2.41. The molecule has 0 saturated carbocycles. The molecule has 0 fully saturated rings. The van der Waals surface area contributed by atoms with Gasteiger partial charge in [-0.15, -0.1) is 0 Å². The van der Waals surface area contributed by atoms with Crippen LogP contribution in [0.25, 0.3) is 0 Å². The molecule has 1 unspecified atom stereocenters. The van der Waals surface area contributed by atoms with E-state index in [0.717, 1.165) is 0 Å². The fourth-order valence-electron chi connectivity index (χ4n) is 2.00. The van der Waals surface area contributed by atoms with E-state index in [2.05, 4.69) is 0 Å². The zero-order valence-electron chi connectivity index (χ0n) is 12.5. The second-order valence-corrected chi connectivity index (χ2v) is 6.06. The normalized spacial score (nSPS) is 13.7. The molecule has 1 rings (SSSR count). The molecule has 0 aliphatic carbocycles. The topological polar surface area (TPSA) is 9.23 Å². The molecule has 0 aliphatic heterocycles. The third kappa shape index (κ3) is 3.82. The van der Waals surface area contributed by atoms with Crippen LogP contribution in [0.5, 0.6) is 0 Å². The first-order valence-electron chi connectivity index (χ1n) is 6.69. The first kappa shape index (κ1) is 18.1. The van der Waals surface area contributed by atoms with Gasteiger partial charge in [-0.3, -0.25) is 0 Å². The Labute approximate surface area is 124 Å². The number of hydrogen-bond donors (Lipinski definition) is 0. The van der Waals surface area contributed by atoms with E-state index in [4.69, 9.17) is 4.43 Å². The second kappa shape index (κ2) is 6.87. The Hall–Kier alpha value is -0.953. The smallest absolute Gasteiger partial charge is 0.200 e. The van der Waals surface area contributed by atoms with Crippen molar-refractivity contribution in [2.24, 2.45) is 5.92 Å². The zero-order valence-corrected chi connectivity index (χ0v) is 14.5. The minimum absolute atomic E-state index is 0.108. The molecule has 0 heterocycles. The van der Waals surface area contributed by atoms with E-state index in [1.807, 2.05) is 20.8 Å². The van der Waals surface area contributed by atoms with Crippen molar-refractivity contribution < 1.29 is 26.4 Å². The van der Waals surface area contributed by atoms with Gasteiger partial charge in [0.15, 0.2) is 23.3 Å². The van der Waals surface area contributed by atoms with Gasteiger partial charge in [-0.1, -0.05) is 6.92 Å².